The number of carbonyl (C=O) groups is 1. The third-order valence-electron chi connectivity index (χ3n) is 4.21. The highest BCUT2D eigenvalue weighted by molar-refractivity contribution is 6.31. The lowest BCUT2D eigenvalue weighted by Gasteiger charge is -2.14. The number of rotatable bonds is 7. The second-order valence-electron chi connectivity index (χ2n) is 6.11. The number of halogens is 4. The average molecular weight is 423 g/mol. The molecule has 0 saturated carbocycles. The largest absolute Gasteiger partial charge is 0.436 e. The molecule has 2 aromatic heterocycles. The molecule has 0 aliphatic carbocycles. The van der Waals surface area contributed by atoms with Gasteiger partial charge in [0.25, 0.3) is 0 Å². The number of aryl methyl sites for hydroxylation is 1. The quantitative estimate of drug-likeness (QED) is 0.419. The summed E-state index contributed by atoms with van der Waals surface area (Å²) in [6, 6.07) is -0.786. The van der Waals surface area contributed by atoms with Crippen molar-refractivity contribution in [3.05, 3.63) is 38.4 Å². The molecule has 0 spiro atoms. The van der Waals surface area contributed by atoms with Gasteiger partial charge in [-0.2, -0.15) is 23.4 Å². The first-order chi connectivity index (χ1) is 12.9. The maximum absolute atomic E-state index is 12.8. The molecule has 1 N–H and O–H groups in total. The van der Waals surface area contributed by atoms with Crippen LogP contribution in [0.3, 0.4) is 0 Å². The number of amides is 1. The molecule has 13 heteroatoms. The Morgan fingerprint density at radius 3 is 2.54 bits per heavy atom. The van der Waals surface area contributed by atoms with Gasteiger partial charge >= 0.3 is 11.9 Å². The minimum atomic E-state index is -4.64. The van der Waals surface area contributed by atoms with E-state index in [0.29, 0.717) is 6.42 Å². The topological polar surface area (TPSA) is 108 Å². The van der Waals surface area contributed by atoms with Crippen LogP contribution in [0.5, 0.6) is 0 Å². The molecule has 28 heavy (non-hydrogen) atoms. The molecule has 0 aliphatic heterocycles. The fourth-order valence-electron chi connectivity index (χ4n) is 2.61. The van der Waals surface area contributed by atoms with Gasteiger partial charge < -0.3 is 5.32 Å². The van der Waals surface area contributed by atoms with Gasteiger partial charge in [-0.3, -0.25) is 24.3 Å². The van der Waals surface area contributed by atoms with Crippen molar-refractivity contribution in [1.29, 1.82) is 0 Å². The van der Waals surface area contributed by atoms with Crippen LogP contribution in [0.15, 0.2) is 6.20 Å². The number of nitrogens with zero attached hydrogens (tertiary/aromatic N) is 5. The number of hydrogen-bond donors (Lipinski definition) is 1. The summed E-state index contributed by atoms with van der Waals surface area (Å²) in [5.74, 6) is -0.424. The Morgan fingerprint density at radius 1 is 1.39 bits per heavy atom. The number of nitrogens with one attached hydrogen (secondary N) is 1. The van der Waals surface area contributed by atoms with E-state index in [4.69, 9.17) is 11.6 Å². The molecule has 0 fully saturated rings. The standard InChI is InChI=1S/C15H18ClF3N6O3/c1-8-11(25(27)28)7-21-24(8)10(3)14(26)20-5-4-6-23-9(2)12(16)13(22-23)15(17,18)19/h7,10H,4-6H2,1-3H3,(H,20,26). The van der Waals surface area contributed by atoms with Gasteiger partial charge in [-0.25, -0.2) is 0 Å². The van der Waals surface area contributed by atoms with Crippen LogP contribution in [-0.2, 0) is 17.5 Å². The molecule has 2 aromatic rings. The van der Waals surface area contributed by atoms with Crippen molar-refractivity contribution in [2.45, 2.75) is 46.0 Å². The molecule has 1 unspecified atom stereocenters. The SMILES string of the molecule is Cc1c(Cl)c(C(F)(F)F)nn1CCCNC(=O)C(C)n1ncc([N+](=O)[O-])c1C. The van der Waals surface area contributed by atoms with Crippen molar-refractivity contribution in [1.82, 2.24) is 24.9 Å². The monoisotopic (exact) mass is 422 g/mol. The van der Waals surface area contributed by atoms with E-state index in [1.165, 1.54) is 25.5 Å². The van der Waals surface area contributed by atoms with Gasteiger partial charge in [-0.05, 0) is 27.2 Å². The fourth-order valence-corrected chi connectivity index (χ4v) is 2.85. The highest BCUT2D eigenvalue weighted by Crippen LogP contribution is 2.35. The van der Waals surface area contributed by atoms with Crippen molar-refractivity contribution in [2.75, 3.05) is 6.54 Å². The minimum Gasteiger partial charge on any atom is -0.354 e. The predicted octanol–water partition coefficient (Wildman–Crippen LogP) is 3.04. The zero-order chi connectivity index (χ0) is 21.2. The van der Waals surface area contributed by atoms with Gasteiger partial charge in [0.1, 0.15) is 17.9 Å². The van der Waals surface area contributed by atoms with Gasteiger partial charge in [-0.1, -0.05) is 11.6 Å². The molecule has 0 aliphatic rings. The van der Waals surface area contributed by atoms with Gasteiger partial charge in [0.15, 0.2) is 5.69 Å². The van der Waals surface area contributed by atoms with Gasteiger partial charge in [0.2, 0.25) is 5.91 Å². The molecule has 2 rings (SSSR count). The summed E-state index contributed by atoms with van der Waals surface area (Å²) in [5.41, 5.74) is -0.895. The zero-order valence-corrected chi connectivity index (χ0v) is 16.0. The average Bonchev–Trinajstić information content (AvgIpc) is 3.12. The van der Waals surface area contributed by atoms with Crippen LogP contribution in [0.4, 0.5) is 18.9 Å². The van der Waals surface area contributed by atoms with E-state index in [-0.39, 0.29) is 30.2 Å². The van der Waals surface area contributed by atoms with Crippen LogP contribution in [0.25, 0.3) is 0 Å². The van der Waals surface area contributed by atoms with E-state index in [2.05, 4.69) is 15.5 Å². The van der Waals surface area contributed by atoms with Gasteiger partial charge in [0, 0.05) is 13.1 Å². The number of carbonyl (C=O) groups excluding carboxylic acids is 1. The molecule has 9 nitrogen and oxygen atoms in total. The number of hydrogen-bond acceptors (Lipinski definition) is 5. The first kappa shape index (κ1) is 21.7. The molecular weight excluding hydrogens is 405 g/mol. The van der Waals surface area contributed by atoms with Crippen molar-refractivity contribution < 1.29 is 22.9 Å². The smallest absolute Gasteiger partial charge is 0.354 e. The number of aromatic nitrogens is 4. The highest BCUT2D eigenvalue weighted by atomic mass is 35.5. The molecule has 1 amide bonds. The summed E-state index contributed by atoms with van der Waals surface area (Å²) < 4.78 is 40.8. The lowest BCUT2D eigenvalue weighted by molar-refractivity contribution is -0.385. The maximum atomic E-state index is 12.8. The van der Waals surface area contributed by atoms with Crippen LogP contribution in [0, 0.1) is 24.0 Å². The zero-order valence-electron chi connectivity index (χ0n) is 15.2. The Kier molecular flexibility index (Phi) is 6.32. The summed E-state index contributed by atoms with van der Waals surface area (Å²) >= 11 is 5.68. The lowest BCUT2D eigenvalue weighted by atomic mass is 10.3. The van der Waals surface area contributed by atoms with Crippen molar-refractivity contribution in [3.8, 4) is 0 Å². The Labute approximate surface area is 162 Å². The summed E-state index contributed by atoms with van der Waals surface area (Å²) in [7, 11) is 0. The normalized spacial score (nSPS) is 12.8. The van der Waals surface area contributed by atoms with Crippen molar-refractivity contribution in [3.63, 3.8) is 0 Å². The molecule has 0 radical (unpaired) electrons. The van der Waals surface area contributed by atoms with E-state index in [9.17, 15) is 28.1 Å². The van der Waals surface area contributed by atoms with Crippen LogP contribution >= 0.6 is 11.6 Å². The first-order valence-electron chi connectivity index (χ1n) is 8.21. The Bertz CT molecular complexity index is 892. The Morgan fingerprint density at radius 2 is 2.04 bits per heavy atom. The predicted molar refractivity (Wildman–Crippen MR) is 92.9 cm³/mol. The summed E-state index contributed by atoms with van der Waals surface area (Å²) in [4.78, 5) is 22.5. The Balaban J connectivity index is 1.92. The fraction of sp³-hybridized carbons (Fsp3) is 0.533. The lowest BCUT2D eigenvalue weighted by Crippen LogP contribution is -2.33. The van der Waals surface area contributed by atoms with E-state index >= 15 is 0 Å². The third-order valence-corrected chi connectivity index (χ3v) is 4.66. The van der Waals surface area contributed by atoms with Crippen molar-refractivity contribution in [2.24, 2.45) is 0 Å². The molecular formula is C15H18ClF3N6O3. The molecule has 154 valence electrons. The van der Waals surface area contributed by atoms with E-state index < -0.39 is 33.8 Å². The van der Waals surface area contributed by atoms with E-state index in [0.717, 1.165) is 10.9 Å². The molecule has 0 bridgehead atoms. The van der Waals surface area contributed by atoms with Gasteiger partial charge in [-0.15, -0.1) is 0 Å². The van der Waals surface area contributed by atoms with Gasteiger partial charge in [0.05, 0.1) is 15.6 Å². The van der Waals surface area contributed by atoms with Crippen LogP contribution in [-0.4, -0.2) is 36.9 Å². The van der Waals surface area contributed by atoms with E-state index in [1.54, 1.807) is 0 Å². The summed E-state index contributed by atoms with van der Waals surface area (Å²) in [5, 5.41) is 20.4. The van der Waals surface area contributed by atoms with Crippen LogP contribution in [0.2, 0.25) is 5.02 Å². The number of nitro groups is 1. The maximum Gasteiger partial charge on any atom is 0.436 e. The Hall–Kier alpha value is -2.63. The summed E-state index contributed by atoms with van der Waals surface area (Å²) in [6.45, 7) is 4.74. The van der Waals surface area contributed by atoms with Crippen molar-refractivity contribution >= 4 is 23.2 Å². The van der Waals surface area contributed by atoms with E-state index in [1.807, 2.05) is 0 Å². The minimum absolute atomic E-state index is 0.128. The highest BCUT2D eigenvalue weighted by Gasteiger charge is 2.38. The first-order valence-corrected chi connectivity index (χ1v) is 8.59. The second kappa shape index (κ2) is 8.17. The summed E-state index contributed by atoms with van der Waals surface area (Å²) in [6.07, 6.45) is -3.25. The van der Waals surface area contributed by atoms with Crippen LogP contribution < -0.4 is 5.32 Å². The number of alkyl halides is 3. The molecule has 0 aromatic carbocycles. The van der Waals surface area contributed by atoms with Crippen LogP contribution in [0.1, 0.15) is 36.5 Å². The second-order valence-corrected chi connectivity index (χ2v) is 6.48. The molecule has 2 heterocycles. The molecule has 1 atom stereocenters. The third kappa shape index (κ3) is 4.43. The molecule has 0 saturated heterocycles.